The maximum absolute atomic E-state index is 11.9. The summed E-state index contributed by atoms with van der Waals surface area (Å²) in [6.45, 7) is 4.53. The molecule has 0 amide bonds. The van der Waals surface area contributed by atoms with Crippen LogP contribution in [-0.2, 0) is 24.1 Å². The first-order chi connectivity index (χ1) is 22.0. The minimum atomic E-state index is -0.386. The molecule has 0 radical (unpaired) electrons. The van der Waals surface area contributed by atoms with E-state index in [-0.39, 0.29) is 37.4 Å². The normalized spacial score (nSPS) is 13.1. The number of allylic oxidation sites excluding steroid dienone is 2. The quantitative estimate of drug-likeness (QED) is 0.0238. The fourth-order valence-corrected chi connectivity index (χ4v) is 5.13. The molecule has 0 rings (SSSR count). The van der Waals surface area contributed by atoms with Crippen LogP contribution in [0.15, 0.2) is 24.3 Å². The largest absolute Gasteiger partial charge is 0.463 e. The highest BCUT2D eigenvalue weighted by Gasteiger charge is 2.06. The topological polar surface area (TPSA) is 102 Å². The second-order valence-electron chi connectivity index (χ2n) is 12.5. The SMILES string of the molecule is CCCCCC[C@@H](O)C/C=C\CCCCCCCC(=O)OCCOOC(=O)CCCCCCC/C=C\C[C@H](O)CCCCCC. The van der Waals surface area contributed by atoms with Gasteiger partial charge in [0.15, 0.2) is 0 Å². The lowest BCUT2D eigenvalue weighted by molar-refractivity contribution is -0.275. The number of carbonyl (C=O) groups is 2. The van der Waals surface area contributed by atoms with Gasteiger partial charge in [0.1, 0.15) is 13.2 Å². The first-order valence-electron chi connectivity index (χ1n) is 18.6. The van der Waals surface area contributed by atoms with Gasteiger partial charge in [-0.25, -0.2) is 4.79 Å². The van der Waals surface area contributed by atoms with Crippen molar-refractivity contribution < 1.29 is 34.3 Å². The van der Waals surface area contributed by atoms with E-state index in [4.69, 9.17) is 14.5 Å². The van der Waals surface area contributed by atoms with Crippen LogP contribution in [0, 0.1) is 0 Å². The monoisotopic (exact) mass is 639 g/mol. The second-order valence-corrected chi connectivity index (χ2v) is 12.5. The standard InChI is InChI=1S/C38H70O7/c1-3-5-7-21-27-35(39)29-23-17-13-9-11-15-19-25-31-37(41)43-33-34-44-45-38(42)32-26-20-16-12-10-14-18-24-30-36(40)28-22-8-6-4-2/h17-18,23-24,35-36,39-40H,3-16,19-22,25-34H2,1-2H3/b23-17-,24-18-/t35-,36-/m1/s1. The van der Waals surface area contributed by atoms with Gasteiger partial charge in [-0.2, -0.15) is 4.89 Å². The van der Waals surface area contributed by atoms with Crippen LogP contribution in [0.2, 0.25) is 0 Å². The fourth-order valence-electron chi connectivity index (χ4n) is 5.13. The number of rotatable bonds is 34. The van der Waals surface area contributed by atoms with E-state index < -0.39 is 0 Å². The number of unbranched alkanes of at least 4 members (excludes halogenated alkanes) is 16. The summed E-state index contributed by atoms with van der Waals surface area (Å²) < 4.78 is 5.15. The first kappa shape index (κ1) is 43.3. The van der Waals surface area contributed by atoms with Gasteiger partial charge in [0, 0.05) is 12.8 Å². The van der Waals surface area contributed by atoms with Crippen molar-refractivity contribution in [2.45, 2.75) is 193 Å². The zero-order chi connectivity index (χ0) is 33.1. The van der Waals surface area contributed by atoms with E-state index in [0.717, 1.165) is 116 Å². The minimum absolute atomic E-state index is 0.0459. The third kappa shape index (κ3) is 35.0. The summed E-state index contributed by atoms with van der Waals surface area (Å²) in [5.41, 5.74) is 0. The van der Waals surface area contributed by atoms with Crippen molar-refractivity contribution in [1.29, 1.82) is 0 Å². The van der Waals surface area contributed by atoms with E-state index >= 15 is 0 Å². The van der Waals surface area contributed by atoms with Crippen LogP contribution in [0.1, 0.15) is 181 Å². The van der Waals surface area contributed by atoms with Crippen LogP contribution in [0.25, 0.3) is 0 Å². The van der Waals surface area contributed by atoms with Crippen molar-refractivity contribution in [3.8, 4) is 0 Å². The van der Waals surface area contributed by atoms with E-state index in [9.17, 15) is 19.8 Å². The molecule has 0 bridgehead atoms. The Morgan fingerprint density at radius 1 is 0.533 bits per heavy atom. The van der Waals surface area contributed by atoms with Gasteiger partial charge in [-0.05, 0) is 64.2 Å². The Labute approximate surface area is 276 Å². The van der Waals surface area contributed by atoms with Gasteiger partial charge in [0.2, 0.25) is 0 Å². The van der Waals surface area contributed by atoms with Crippen molar-refractivity contribution in [3.05, 3.63) is 24.3 Å². The van der Waals surface area contributed by atoms with Crippen LogP contribution in [0.4, 0.5) is 0 Å². The summed E-state index contributed by atoms with van der Waals surface area (Å²) in [7, 11) is 0. The van der Waals surface area contributed by atoms with Crippen LogP contribution < -0.4 is 0 Å². The number of esters is 1. The molecule has 264 valence electrons. The van der Waals surface area contributed by atoms with Crippen molar-refractivity contribution in [2.75, 3.05) is 13.2 Å². The Morgan fingerprint density at radius 3 is 1.49 bits per heavy atom. The van der Waals surface area contributed by atoms with Gasteiger partial charge >= 0.3 is 11.9 Å². The van der Waals surface area contributed by atoms with Gasteiger partial charge < -0.3 is 14.9 Å². The average molecular weight is 639 g/mol. The number of hydrogen-bond acceptors (Lipinski definition) is 7. The Morgan fingerprint density at radius 2 is 0.978 bits per heavy atom. The van der Waals surface area contributed by atoms with Crippen molar-refractivity contribution >= 4 is 11.9 Å². The van der Waals surface area contributed by atoms with Gasteiger partial charge in [-0.1, -0.05) is 128 Å². The highest BCUT2D eigenvalue weighted by Crippen LogP contribution is 2.12. The number of ether oxygens (including phenoxy) is 1. The van der Waals surface area contributed by atoms with E-state index in [1.165, 1.54) is 38.5 Å². The van der Waals surface area contributed by atoms with Gasteiger partial charge in [0.05, 0.1) is 12.2 Å². The Hall–Kier alpha value is -1.70. The Bertz CT molecular complexity index is 648. The lowest BCUT2D eigenvalue weighted by atomic mass is 10.1. The van der Waals surface area contributed by atoms with Gasteiger partial charge in [-0.3, -0.25) is 9.68 Å². The Balaban J connectivity index is 3.43. The summed E-state index contributed by atoms with van der Waals surface area (Å²) >= 11 is 0. The second kappa shape index (κ2) is 35.2. The molecule has 2 atom stereocenters. The molecule has 0 aliphatic carbocycles. The fraction of sp³-hybridized carbons (Fsp3) is 0.842. The molecule has 0 aromatic heterocycles. The minimum Gasteiger partial charge on any atom is -0.463 e. The molecule has 2 N–H and O–H groups in total. The third-order valence-corrected chi connectivity index (χ3v) is 8.02. The van der Waals surface area contributed by atoms with Crippen LogP contribution in [0.5, 0.6) is 0 Å². The molecule has 0 heterocycles. The predicted molar refractivity (Wildman–Crippen MR) is 185 cm³/mol. The number of aliphatic hydroxyl groups excluding tert-OH is 2. The molecule has 45 heavy (non-hydrogen) atoms. The maximum atomic E-state index is 11.9. The van der Waals surface area contributed by atoms with E-state index in [0.29, 0.717) is 12.8 Å². The lowest BCUT2D eigenvalue weighted by Crippen LogP contribution is -2.13. The molecule has 0 aliphatic rings. The molecule has 0 aromatic carbocycles. The first-order valence-corrected chi connectivity index (χ1v) is 18.6. The summed E-state index contributed by atoms with van der Waals surface area (Å²) in [6, 6.07) is 0. The molecular weight excluding hydrogens is 568 g/mol. The molecule has 0 spiro atoms. The lowest BCUT2D eigenvalue weighted by Gasteiger charge is -2.07. The maximum Gasteiger partial charge on any atom is 0.342 e. The Kier molecular flexibility index (Phi) is 33.8. The van der Waals surface area contributed by atoms with Crippen LogP contribution in [0.3, 0.4) is 0 Å². The van der Waals surface area contributed by atoms with Crippen molar-refractivity contribution in [3.63, 3.8) is 0 Å². The molecular formula is C38H70O7. The summed E-state index contributed by atoms with van der Waals surface area (Å²) in [6.07, 6.45) is 34.2. The zero-order valence-corrected chi connectivity index (χ0v) is 29.2. The van der Waals surface area contributed by atoms with Gasteiger partial charge in [-0.15, -0.1) is 0 Å². The number of hydrogen-bond donors (Lipinski definition) is 2. The van der Waals surface area contributed by atoms with Crippen LogP contribution in [-0.4, -0.2) is 47.6 Å². The average Bonchev–Trinajstić information content (AvgIpc) is 3.03. The van der Waals surface area contributed by atoms with Crippen molar-refractivity contribution in [1.82, 2.24) is 0 Å². The van der Waals surface area contributed by atoms with Crippen molar-refractivity contribution in [2.24, 2.45) is 0 Å². The molecule has 7 heteroatoms. The highest BCUT2D eigenvalue weighted by atomic mass is 17.2. The predicted octanol–water partition coefficient (Wildman–Crippen LogP) is 10.0. The third-order valence-electron chi connectivity index (χ3n) is 8.02. The smallest absolute Gasteiger partial charge is 0.342 e. The molecule has 0 saturated carbocycles. The van der Waals surface area contributed by atoms with E-state index in [1.807, 2.05) is 0 Å². The molecule has 0 aliphatic heterocycles. The summed E-state index contributed by atoms with van der Waals surface area (Å²) in [4.78, 5) is 33.3. The highest BCUT2D eigenvalue weighted by molar-refractivity contribution is 5.69. The molecule has 0 fully saturated rings. The zero-order valence-electron chi connectivity index (χ0n) is 29.2. The molecule has 7 nitrogen and oxygen atoms in total. The molecule has 0 aromatic rings. The summed E-state index contributed by atoms with van der Waals surface area (Å²) in [5.74, 6) is -0.629. The number of carbonyl (C=O) groups excluding carboxylic acids is 2. The number of aliphatic hydroxyl groups is 2. The van der Waals surface area contributed by atoms with E-state index in [2.05, 4.69) is 38.2 Å². The van der Waals surface area contributed by atoms with E-state index in [1.54, 1.807) is 0 Å². The summed E-state index contributed by atoms with van der Waals surface area (Å²) in [5, 5.41) is 20.0. The van der Waals surface area contributed by atoms with Crippen LogP contribution >= 0.6 is 0 Å². The van der Waals surface area contributed by atoms with Gasteiger partial charge in [0.25, 0.3) is 0 Å². The molecule has 0 unspecified atom stereocenters. The molecule has 0 saturated heterocycles.